The van der Waals surface area contributed by atoms with Gasteiger partial charge in [0, 0.05) is 5.56 Å². The number of aryl methyl sites for hydroxylation is 1. The maximum absolute atomic E-state index is 13.2. The molecule has 0 unspecified atom stereocenters. The minimum atomic E-state index is -0.275. The molecule has 3 heteroatoms. The summed E-state index contributed by atoms with van der Waals surface area (Å²) in [4.78, 5) is 11.0. The molecule has 0 aliphatic rings. The van der Waals surface area contributed by atoms with Crippen molar-refractivity contribution in [3.8, 4) is 0 Å². The summed E-state index contributed by atoms with van der Waals surface area (Å²) in [5, 5.41) is 0. The molecular weight excluding hydrogens is 154 g/mol. The van der Waals surface area contributed by atoms with Crippen LogP contribution >= 0.6 is 0 Å². The van der Waals surface area contributed by atoms with E-state index in [1.807, 2.05) is 0 Å². The standard InChI is InChI=1S/C9H10BFO/c1-5-3-4-7(6(2)12)8(10)9(5)11/h3-4H,10H2,1-2H3. The number of hydrogen-bond donors (Lipinski definition) is 0. The quantitative estimate of drug-likeness (QED) is 0.438. The van der Waals surface area contributed by atoms with Gasteiger partial charge in [-0.25, -0.2) is 4.39 Å². The van der Waals surface area contributed by atoms with E-state index in [4.69, 9.17) is 0 Å². The van der Waals surface area contributed by atoms with Crippen LogP contribution in [0.3, 0.4) is 0 Å². The second-order valence-electron chi connectivity index (χ2n) is 2.93. The first-order chi connectivity index (χ1) is 5.54. The molecule has 0 saturated heterocycles. The minimum Gasteiger partial charge on any atom is -0.295 e. The molecular formula is C9H10BFO. The van der Waals surface area contributed by atoms with E-state index in [9.17, 15) is 9.18 Å². The predicted octanol–water partition coefficient (Wildman–Crippen LogP) is 0.595. The summed E-state index contributed by atoms with van der Waals surface area (Å²) in [6.07, 6.45) is 0. The second-order valence-corrected chi connectivity index (χ2v) is 2.93. The molecule has 1 aromatic rings. The molecule has 0 heterocycles. The fraction of sp³-hybridized carbons (Fsp3) is 0.222. The Labute approximate surface area is 72.0 Å². The van der Waals surface area contributed by atoms with Crippen LogP contribution in [0.5, 0.6) is 0 Å². The maximum atomic E-state index is 13.2. The highest BCUT2D eigenvalue weighted by atomic mass is 19.1. The molecule has 0 bridgehead atoms. The molecule has 1 rings (SSSR count). The molecule has 0 atom stereocenters. The van der Waals surface area contributed by atoms with E-state index in [0.29, 0.717) is 16.6 Å². The number of benzene rings is 1. The summed E-state index contributed by atoms with van der Waals surface area (Å²) in [7, 11) is 1.62. The zero-order valence-electron chi connectivity index (χ0n) is 7.44. The largest absolute Gasteiger partial charge is 0.295 e. The summed E-state index contributed by atoms with van der Waals surface area (Å²) in [6.45, 7) is 3.13. The minimum absolute atomic E-state index is 0.0913. The van der Waals surface area contributed by atoms with Crippen molar-refractivity contribution < 1.29 is 9.18 Å². The molecule has 0 radical (unpaired) electrons. The van der Waals surface area contributed by atoms with Gasteiger partial charge in [0.15, 0.2) is 5.78 Å². The molecule has 0 saturated carbocycles. The Bertz CT molecular complexity index is 334. The summed E-state index contributed by atoms with van der Waals surface area (Å²) in [6, 6.07) is 3.29. The highest BCUT2D eigenvalue weighted by Gasteiger charge is 2.08. The lowest BCUT2D eigenvalue weighted by molar-refractivity contribution is 0.101. The van der Waals surface area contributed by atoms with Crippen LogP contribution in [0, 0.1) is 12.7 Å². The molecule has 0 N–H and O–H groups in total. The Kier molecular flexibility index (Phi) is 2.31. The van der Waals surface area contributed by atoms with Crippen LogP contribution < -0.4 is 5.46 Å². The SMILES string of the molecule is Bc1c(C(C)=O)ccc(C)c1F. The zero-order valence-corrected chi connectivity index (χ0v) is 7.44. The number of ketones is 1. The zero-order chi connectivity index (χ0) is 9.30. The average molecular weight is 164 g/mol. The Morgan fingerprint density at radius 3 is 2.58 bits per heavy atom. The molecule has 1 aromatic carbocycles. The molecule has 0 spiro atoms. The lowest BCUT2D eigenvalue weighted by atomic mass is 9.87. The van der Waals surface area contributed by atoms with E-state index in [1.54, 1.807) is 26.9 Å². The fourth-order valence-electron chi connectivity index (χ4n) is 1.20. The van der Waals surface area contributed by atoms with E-state index in [1.165, 1.54) is 6.92 Å². The summed E-state index contributed by atoms with van der Waals surface area (Å²) >= 11 is 0. The van der Waals surface area contributed by atoms with Crippen LogP contribution in [0.1, 0.15) is 22.8 Å². The van der Waals surface area contributed by atoms with Crippen LogP contribution in [-0.2, 0) is 0 Å². The van der Waals surface area contributed by atoms with Crippen LogP contribution in [-0.4, -0.2) is 13.6 Å². The van der Waals surface area contributed by atoms with Gasteiger partial charge >= 0.3 is 0 Å². The van der Waals surface area contributed by atoms with E-state index in [0.717, 1.165) is 0 Å². The van der Waals surface area contributed by atoms with Crippen molar-refractivity contribution in [2.45, 2.75) is 13.8 Å². The summed E-state index contributed by atoms with van der Waals surface area (Å²) < 4.78 is 13.2. The number of Topliss-reactive ketones (excluding diaryl/α,β-unsaturated/α-hetero) is 1. The Hall–Kier alpha value is -1.12. The first kappa shape index (κ1) is 8.98. The van der Waals surface area contributed by atoms with Gasteiger partial charge in [-0.2, -0.15) is 0 Å². The van der Waals surface area contributed by atoms with E-state index >= 15 is 0 Å². The van der Waals surface area contributed by atoms with Crippen LogP contribution in [0.15, 0.2) is 12.1 Å². The van der Waals surface area contributed by atoms with Gasteiger partial charge in [-0.15, -0.1) is 0 Å². The second kappa shape index (κ2) is 3.09. The smallest absolute Gasteiger partial charge is 0.159 e. The van der Waals surface area contributed by atoms with Gasteiger partial charge in [-0.05, 0) is 24.9 Å². The third-order valence-corrected chi connectivity index (χ3v) is 1.96. The number of hydrogen-bond acceptors (Lipinski definition) is 1. The van der Waals surface area contributed by atoms with Crippen LogP contribution in [0.4, 0.5) is 4.39 Å². The fourth-order valence-corrected chi connectivity index (χ4v) is 1.20. The monoisotopic (exact) mass is 164 g/mol. The van der Waals surface area contributed by atoms with Gasteiger partial charge in [0.25, 0.3) is 0 Å². The molecule has 1 nitrogen and oxygen atoms in total. The van der Waals surface area contributed by atoms with Crippen molar-refractivity contribution >= 4 is 19.1 Å². The molecule has 0 aliphatic carbocycles. The van der Waals surface area contributed by atoms with Crippen molar-refractivity contribution in [1.29, 1.82) is 0 Å². The van der Waals surface area contributed by atoms with Gasteiger partial charge in [-0.1, -0.05) is 12.1 Å². The molecule has 0 fully saturated rings. The Morgan fingerprint density at radius 1 is 1.50 bits per heavy atom. The summed E-state index contributed by atoms with van der Waals surface area (Å²) in [5.74, 6) is -0.367. The van der Waals surface area contributed by atoms with Crippen molar-refractivity contribution in [2.75, 3.05) is 0 Å². The molecule has 62 valence electrons. The van der Waals surface area contributed by atoms with Crippen molar-refractivity contribution in [1.82, 2.24) is 0 Å². The van der Waals surface area contributed by atoms with Crippen LogP contribution in [0.2, 0.25) is 0 Å². The van der Waals surface area contributed by atoms with Crippen molar-refractivity contribution in [3.05, 3.63) is 29.1 Å². The number of carbonyl (C=O) groups is 1. The molecule has 0 aromatic heterocycles. The lowest BCUT2D eigenvalue weighted by Crippen LogP contribution is -2.19. The highest BCUT2D eigenvalue weighted by Crippen LogP contribution is 2.06. The van der Waals surface area contributed by atoms with E-state index in [-0.39, 0.29) is 11.6 Å². The van der Waals surface area contributed by atoms with E-state index < -0.39 is 0 Å². The highest BCUT2D eigenvalue weighted by molar-refractivity contribution is 6.36. The van der Waals surface area contributed by atoms with E-state index in [2.05, 4.69) is 0 Å². The average Bonchev–Trinajstić information content (AvgIpc) is 2.00. The third-order valence-electron chi connectivity index (χ3n) is 1.96. The molecule has 0 amide bonds. The van der Waals surface area contributed by atoms with Gasteiger partial charge in [0.1, 0.15) is 13.7 Å². The molecule has 0 aliphatic heterocycles. The first-order valence-electron chi connectivity index (χ1n) is 3.80. The molecule has 12 heavy (non-hydrogen) atoms. The Balaban J connectivity index is 3.36. The number of carbonyl (C=O) groups excluding carboxylic acids is 1. The lowest BCUT2D eigenvalue weighted by Gasteiger charge is -2.04. The van der Waals surface area contributed by atoms with Crippen molar-refractivity contribution in [2.24, 2.45) is 0 Å². The topological polar surface area (TPSA) is 17.1 Å². The number of rotatable bonds is 1. The van der Waals surface area contributed by atoms with Gasteiger partial charge < -0.3 is 0 Å². The maximum Gasteiger partial charge on any atom is 0.159 e. The van der Waals surface area contributed by atoms with Crippen molar-refractivity contribution in [3.63, 3.8) is 0 Å². The predicted molar refractivity (Wildman–Crippen MR) is 49.3 cm³/mol. The van der Waals surface area contributed by atoms with Gasteiger partial charge in [0.2, 0.25) is 0 Å². The third kappa shape index (κ3) is 1.40. The normalized spacial score (nSPS) is 9.92. The first-order valence-corrected chi connectivity index (χ1v) is 3.80. The van der Waals surface area contributed by atoms with Crippen LogP contribution in [0.25, 0.3) is 0 Å². The van der Waals surface area contributed by atoms with Gasteiger partial charge in [-0.3, -0.25) is 4.79 Å². The summed E-state index contributed by atoms with van der Waals surface area (Å²) in [5.41, 5.74) is 1.50. The van der Waals surface area contributed by atoms with Gasteiger partial charge in [0.05, 0.1) is 0 Å². The Morgan fingerprint density at radius 2 is 2.08 bits per heavy atom. The number of halogens is 1.